The molecule has 29 heavy (non-hydrogen) atoms. The number of hydrogen-bond donors (Lipinski definition) is 0. The van der Waals surface area contributed by atoms with Crippen LogP contribution in [0, 0.1) is 0 Å². The Hall–Kier alpha value is -2.55. The molecule has 1 amide bonds. The van der Waals surface area contributed by atoms with E-state index in [2.05, 4.69) is 15.9 Å². The molecule has 1 heterocycles. The van der Waals surface area contributed by atoms with Crippen molar-refractivity contribution < 1.29 is 27.5 Å². The van der Waals surface area contributed by atoms with Gasteiger partial charge in [0.1, 0.15) is 5.75 Å². The lowest BCUT2D eigenvalue weighted by molar-refractivity contribution is -0.137. The van der Waals surface area contributed by atoms with Gasteiger partial charge in [0, 0.05) is 36.3 Å². The maximum atomic E-state index is 12.9. The third-order valence-corrected chi connectivity index (χ3v) is 5.11. The topological polar surface area (TPSA) is 49.9 Å². The molecule has 0 saturated carbocycles. The van der Waals surface area contributed by atoms with Crippen LogP contribution in [0.5, 0.6) is 5.75 Å². The summed E-state index contributed by atoms with van der Waals surface area (Å²) in [6.07, 6.45) is -3.74. The number of rotatable bonds is 5. The molecule has 1 aliphatic rings. The predicted molar refractivity (Wildman–Crippen MR) is 105 cm³/mol. The summed E-state index contributed by atoms with van der Waals surface area (Å²) >= 11 is 3.26. The molecule has 0 aromatic heterocycles. The number of carbonyl (C=O) groups is 2. The number of anilines is 1. The fourth-order valence-electron chi connectivity index (χ4n) is 3.07. The number of amides is 1. The summed E-state index contributed by atoms with van der Waals surface area (Å²) in [5.74, 6) is 0.0765. The molecule has 0 N–H and O–H groups in total. The lowest BCUT2D eigenvalue weighted by Crippen LogP contribution is -2.50. The maximum absolute atomic E-state index is 12.9. The number of piperazine rings is 1. The number of nitrogens with zero attached hydrogens (tertiary/aromatic N) is 2. The van der Waals surface area contributed by atoms with Gasteiger partial charge in [0.25, 0.3) is 5.91 Å². The second-order valence-electron chi connectivity index (χ2n) is 6.50. The first kappa shape index (κ1) is 21.2. The number of hydrogen-bond acceptors (Lipinski definition) is 4. The van der Waals surface area contributed by atoms with E-state index in [1.807, 2.05) is 4.90 Å². The number of benzene rings is 2. The lowest BCUT2D eigenvalue weighted by atomic mass is 10.1. The molecule has 0 spiro atoms. The third kappa shape index (κ3) is 5.29. The molecule has 9 heteroatoms. The number of carbonyl (C=O) groups excluding carboxylic acids is 2. The number of ether oxygens (including phenoxy) is 1. The van der Waals surface area contributed by atoms with Crippen molar-refractivity contribution in [3.05, 3.63) is 58.1 Å². The molecule has 3 rings (SSSR count). The first-order chi connectivity index (χ1) is 13.8. The third-order valence-electron chi connectivity index (χ3n) is 4.62. The number of halogens is 4. The van der Waals surface area contributed by atoms with Crippen molar-refractivity contribution >= 4 is 33.8 Å². The van der Waals surface area contributed by atoms with Gasteiger partial charge in [-0.1, -0.05) is 22.0 Å². The van der Waals surface area contributed by atoms with Gasteiger partial charge in [0.15, 0.2) is 12.9 Å². The minimum atomic E-state index is -4.39. The van der Waals surface area contributed by atoms with E-state index >= 15 is 0 Å². The Bertz CT molecular complexity index is 897. The van der Waals surface area contributed by atoms with Gasteiger partial charge in [-0.2, -0.15) is 13.2 Å². The average Bonchev–Trinajstić information content (AvgIpc) is 2.72. The number of aldehydes is 1. The summed E-state index contributed by atoms with van der Waals surface area (Å²) in [5, 5.41) is 0. The van der Waals surface area contributed by atoms with Crippen LogP contribution in [0.3, 0.4) is 0 Å². The molecule has 5 nitrogen and oxygen atoms in total. The van der Waals surface area contributed by atoms with Gasteiger partial charge in [-0.25, -0.2) is 0 Å². The van der Waals surface area contributed by atoms with Crippen LogP contribution < -0.4 is 9.64 Å². The summed E-state index contributed by atoms with van der Waals surface area (Å²) < 4.78 is 44.9. The van der Waals surface area contributed by atoms with Gasteiger partial charge in [0.2, 0.25) is 0 Å². The summed E-state index contributed by atoms with van der Waals surface area (Å²) in [6, 6.07) is 10.1. The molecule has 1 saturated heterocycles. The van der Waals surface area contributed by atoms with Crippen LogP contribution in [0.1, 0.15) is 15.9 Å². The van der Waals surface area contributed by atoms with E-state index in [0.29, 0.717) is 49.5 Å². The summed E-state index contributed by atoms with van der Waals surface area (Å²) in [6.45, 7) is 1.38. The van der Waals surface area contributed by atoms with Gasteiger partial charge >= 0.3 is 6.18 Å². The molecule has 0 bridgehead atoms. The van der Waals surface area contributed by atoms with Crippen LogP contribution in [0.2, 0.25) is 0 Å². The van der Waals surface area contributed by atoms with Gasteiger partial charge < -0.3 is 14.5 Å². The van der Waals surface area contributed by atoms with Crippen molar-refractivity contribution in [2.75, 3.05) is 37.7 Å². The highest BCUT2D eigenvalue weighted by molar-refractivity contribution is 9.10. The Kier molecular flexibility index (Phi) is 6.46. The van der Waals surface area contributed by atoms with Crippen molar-refractivity contribution in [1.29, 1.82) is 0 Å². The molecule has 0 radical (unpaired) electrons. The summed E-state index contributed by atoms with van der Waals surface area (Å²) in [5.41, 5.74) is 0.123. The molecule has 1 aliphatic heterocycles. The smallest absolute Gasteiger partial charge is 0.416 e. The van der Waals surface area contributed by atoms with Crippen molar-refractivity contribution in [3.8, 4) is 5.75 Å². The maximum Gasteiger partial charge on any atom is 0.416 e. The van der Waals surface area contributed by atoms with Gasteiger partial charge in [-0.15, -0.1) is 0 Å². The quantitative estimate of drug-likeness (QED) is 0.619. The zero-order valence-electron chi connectivity index (χ0n) is 15.3. The Labute approximate surface area is 174 Å². The summed E-state index contributed by atoms with van der Waals surface area (Å²) in [4.78, 5) is 26.9. The van der Waals surface area contributed by atoms with Crippen LogP contribution in [-0.4, -0.2) is 49.9 Å². The molecule has 2 aromatic rings. The Balaban J connectivity index is 1.55. The molecular weight excluding hydrogens is 453 g/mol. The second kappa shape index (κ2) is 8.86. The zero-order chi connectivity index (χ0) is 21.0. The van der Waals surface area contributed by atoms with Gasteiger partial charge in [-0.05, 0) is 36.4 Å². The summed E-state index contributed by atoms with van der Waals surface area (Å²) in [7, 11) is 0. The van der Waals surface area contributed by atoms with Crippen molar-refractivity contribution in [2.45, 2.75) is 6.18 Å². The van der Waals surface area contributed by atoms with E-state index in [4.69, 9.17) is 4.74 Å². The normalized spacial score (nSPS) is 14.6. The molecule has 0 atom stereocenters. The van der Waals surface area contributed by atoms with Crippen molar-refractivity contribution in [2.24, 2.45) is 0 Å². The van der Waals surface area contributed by atoms with Crippen LogP contribution >= 0.6 is 15.9 Å². The standard InChI is InChI=1S/C20H18BrF3N2O3/c21-16-4-5-18(14(10-16)12-27)29-13-19(28)26-8-6-25(7-9-26)17-3-1-2-15(11-17)20(22,23)24/h1-5,10-12H,6-9,13H2. The Morgan fingerprint density at radius 2 is 1.83 bits per heavy atom. The van der Waals surface area contributed by atoms with Gasteiger partial charge in [-0.3, -0.25) is 9.59 Å². The first-order valence-corrected chi connectivity index (χ1v) is 9.65. The minimum absolute atomic E-state index is 0.216. The fraction of sp³-hybridized carbons (Fsp3) is 0.300. The Morgan fingerprint density at radius 1 is 1.10 bits per heavy atom. The predicted octanol–water partition coefficient (Wildman–Crippen LogP) is 4.01. The Morgan fingerprint density at radius 3 is 2.48 bits per heavy atom. The highest BCUT2D eigenvalue weighted by Gasteiger charge is 2.31. The highest BCUT2D eigenvalue weighted by atomic mass is 79.9. The van der Waals surface area contributed by atoms with E-state index in [0.717, 1.165) is 16.6 Å². The van der Waals surface area contributed by atoms with Crippen LogP contribution in [-0.2, 0) is 11.0 Å². The van der Waals surface area contributed by atoms with Gasteiger partial charge in [0.05, 0.1) is 11.1 Å². The van der Waals surface area contributed by atoms with Crippen LogP contribution in [0.15, 0.2) is 46.9 Å². The number of alkyl halides is 3. The monoisotopic (exact) mass is 470 g/mol. The van der Waals surface area contributed by atoms with Crippen molar-refractivity contribution in [1.82, 2.24) is 4.90 Å². The second-order valence-corrected chi connectivity index (χ2v) is 7.42. The molecule has 154 valence electrons. The van der Waals surface area contributed by atoms with Crippen LogP contribution in [0.25, 0.3) is 0 Å². The molecule has 0 unspecified atom stereocenters. The van der Waals surface area contributed by atoms with E-state index < -0.39 is 11.7 Å². The fourth-order valence-corrected chi connectivity index (χ4v) is 3.45. The molecule has 1 fully saturated rings. The molecular formula is C20H18BrF3N2O3. The molecule has 0 aliphatic carbocycles. The van der Waals surface area contributed by atoms with E-state index in [9.17, 15) is 22.8 Å². The lowest BCUT2D eigenvalue weighted by Gasteiger charge is -2.36. The van der Waals surface area contributed by atoms with E-state index in [-0.39, 0.29) is 12.5 Å². The highest BCUT2D eigenvalue weighted by Crippen LogP contribution is 2.32. The van der Waals surface area contributed by atoms with Crippen molar-refractivity contribution in [3.63, 3.8) is 0 Å². The zero-order valence-corrected chi connectivity index (χ0v) is 16.9. The average molecular weight is 471 g/mol. The van der Waals surface area contributed by atoms with E-state index in [1.54, 1.807) is 29.2 Å². The molecule has 2 aromatic carbocycles. The minimum Gasteiger partial charge on any atom is -0.483 e. The first-order valence-electron chi connectivity index (χ1n) is 8.85. The van der Waals surface area contributed by atoms with Crippen LogP contribution in [0.4, 0.5) is 18.9 Å². The SMILES string of the molecule is O=Cc1cc(Br)ccc1OCC(=O)N1CCN(c2cccc(C(F)(F)F)c2)CC1. The largest absolute Gasteiger partial charge is 0.483 e. The van der Waals surface area contributed by atoms with E-state index in [1.165, 1.54) is 6.07 Å².